The molecule has 2 aliphatic heterocycles. The monoisotopic (exact) mass is 526 g/mol. The number of rotatable bonds is 8. The van der Waals surface area contributed by atoms with Crippen LogP contribution < -0.4 is 29.8 Å². The Morgan fingerprint density at radius 3 is 2.77 bits per heavy atom. The Bertz CT molecular complexity index is 1580. The highest BCUT2D eigenvalue weighted by Gasteiger charge is 2.28. The van der Waals surface area contributed by atoms with Crippen molar-refractivity contribution in [1.29, 1.82) is 0 Å². The number of aromatic hydroxyl groups is 1. The van der Waals surface area contributed by atoms with Crippen molar-refractivity contribution >= 4 is 22.4 Å². The fourth-order valence-electron chi connectivity index (χ4n) is 5.57. The maximum atomic E-state index is 12.4. The third-order valence-electron chi connectivity index (χ3n) is 7.61. The number of ether oxygens (including phenoxy) is 3. The predicted octanol–water partition coefficient (Wildman–Crippen LogP) is 4.52. The molecule has 2 aliphatic rings. The molecule has 0 unspecified atom stereocenters. The van der Waals surface area contributed by atoms with Gasteiger partial charge in [-0.05, 0) is 66.6 Å². The van der Waals surface area contributed by atoms with E-state index in [-0.39, 0.29) is 24.0 Å². The lowest BCUT2D eigenvalue weighted by Crippen LogP contribution is -2.40. The summed E-state index contributed by atoms with van der Waals surface area (Å²) < 4.78 is 19.3. The second-order valence-corrected chi connectivity index (χ2v) is 10.1. The number of carbonyl (C=O) groups excluding carboxylic acids is 1. The predicted molar refractivity (Wildman–Crippen MR) is 148 cm³/mol. The number of hydrogen-bond acceptors (Lipinski definition) is 6. The number of nitrogen functional groups attached to an aromatic ring is 1. The molecule has 4 aromatic rings. The van der Waals surface area contributed by atoms with Crippen LogP contribution in [0.5, 0.6) is 23.0 Å². The van der Waals surface area contributed by atoms with Gasteiger partial charge in [-0.25, -0.2) is 0 Å². The van der Waals surface area contributed by atoms with Crippen molar-refractivity contribution in [3.63, 3.8) is 0 Å². The van der Waals surface area contributed by atoms with Gasteiger partial charge in [0.2, 0.25) is 12.5 Å². The number of phenols is 1. The molecule has 0 fully saturated rings. The first kappa shape index (κ1) is 24.9. The van der Waals surface area contributed by atoms with E-state index in [2.05, 4.69) is 46.4 Å². The Morgan fingerprint density at radius 2 is 1.92 bits per heavy atom. The zero-order chi connectivity index (χ0) is 26.9. The van der Waals surface area contributed by atoms with Gasteiger partial charge in [-0.15, -0.1) is 0 Å². The molecule has 0 bridgehead atoms. The van der Waals surface area contributed by atoms with Crippen LogP contribution in [0.1, 0.15) is 40.7 Å². The molecule has 6 rings (SSSR count). The quantitative estimate of drug-likeness (QED) is 0.135. The molecule has 8 heteroatoms. The number of hydrogen-bond donors (Lipinski definition) is 3. The first-order valence-electron chi connectivity index (χ1n) is 13.3. The van der Waals surface area contributed by atoms with Crippen LogP contribution in [0.2, 0.25) is 0 Å². The summed E-state index contributed by atoms with van der Waals surface area (Å²) in [6.45, 7) is 1.70. The van der Waals surface area contributed by atoms with Crippen molar-refractivity contribution in [2.24, 2.45) is 0 Å². The van der Waals surface area contributed by atoms with Crippen molar-refractivity contribution < 1.29 is 28.7 Å². The molecule has 0 saturated heterocycles. The molecular formula is C31H32N3O5+. The number of unbranched alkanes of at least 4 members (excludes halogenated alkanes) is 2. The molecule has 3 aromatic carbocycles. The number of nitrogens with two attached hydrogens (primary N) is 1. The van der Waals surface area contributed by atoms with E-state index in [1.807, 2.05) is 0 Å². The molecule has 1 aromatic heterocycles. The minimum Gasteiger partial charge on any atom is -0.507 e. The maximum absolute atomic E-state index is 12.4. The summed E-state index contributed by atoms with van der Waals surface area (Å²) in [5, 5.41) is 15.2. The van der Waals surface area contributed by atoms with Gasteiger partial charge in [-0.1, -0.05) is 12.5 Å². The van der Waals surface area contributed by atoms with Gasteiger partial charge < -0.3 is 30.4 Å². The van der Waals surface area contributed by atoms with Gasteiger partial charge in [0.25, 0.3) is 5.91 Å². The van der Waals surface area contributed by atoms with Crippen molar-refractivity contribution in [2.45, 2.75) is 38.6 Å². The Morgan fingerprint density at radius 1 is 1.08 bits per heavy atom. The summed E-state index contributed by atoms with van der Waals surface area (Å²) in [5.41, 5.74) is 11.2. The molecule has 0 spiro atoms. The Balaban J connectivity index is 1.15. The molecule has 39 heavy (non-hydrogen) atoms. The van der Waals surface area contributed by atoms with Gasteiger partial charge in [-0.3, -0.25) is 4.79 Å². The largest absolute Gasteiger partial charge is 0.507 e. The Kier molecular flexibility index (Phi) is 6.60. The summed E-state index contributed by atoms with van der Waals surface area (Å²) in [7, 11) is 1.72. The summed E-state index contributed by atoms with van der Waals surface area (Å²) >= 11 is 0. The number of benzene rings is 3. The zero-order valence-electron chi connectivity index (χ0n) is 22.0. The molecule has 4 N–H and O–H groups in total. The third kappa shape index (κ3) is 4.78. The van der Waals surface area contributed by atoms with Crippen molar-refractivity contribution in [3.05, 3.63) is 71.4 Å². The lowest BCUT2D eigenvalue weighted by Gasteiger charge is -2.18. The summed E-state index contributed by atoms with van der Waals surface area (Å²) in [6.07, 6.45) is 6.81. The summed E-state index contributed by atoms with van der Waals surface area (Å²) in [4.78, 5) is 12.4. The normalized spacial score (nSPS) is 13.2. The first-order valence-corrected chi connectivity index (χ1v) is 13.3. The van der Waals surface area contributed by atoms with Gasteiger partial charge in [0, 0.05) is 30.3 Å². The molecule has 200 valence electrons. The third-order valence-corrected chi connectivity index (χ3v) is 7.61. The molecule has 3 heterocycles. The van der Waals surface area contributed by atoms with Crippen molar-refractivity contribution in [1.82, 2.24) is 5.32 Å². The van der Waals surface area contributed by atoms with Crippen LogP contribution in [0, 0.1) is 0 Å². The number of amides is 1. The second kappa shape index (κ2) is 10.4. The average molecular weight is 527 g/mol. The smallest absolute Gasteiger partial charge is 0.255 e. The number of carbonyl (C=O) groups is 1. The van der Waals surface area contributed by atoms with Crippen LogP contribution in [0.3, 0.4) is 0 Å². The van der Waals surface area contributed by atoms with Gasteiger partial charge in [0.05, 0.1) is 23.6 Å². The number of nitrogens with zero attached hydrogens (tertiary/aromatic N) is 1. The fraction of sp³-hybridized carbons (Fsp3) is 0.290. The fourth-order valence-corrected chi connectivity index (χ4v) is 5.57. The molecule has 0 radical (unpaired) electrons. The SMILES string of the molecule is COc1ccc2cc3[n+](cc2c1CCCCCNC(=O)c1cc(N)ccc1O)CCc1cc2c(cc1-3)OCO2. The molecule has 8 nitrogen and oxygen atoms in total. The van der Waals surface area contributed by atoms with E-state index in [0.29, 0.717) is 12.2 Å². The molecule has 0 aliphatic carbocycles. The lowest BCUT2D eigenvalue weighted by molar-refractivity contribution is -0.686. The molecular weight excluding hydrogens is 494 g/mol. The van der Waals surface area contributed by atoms with Crippen LogP contribution in [-0.2, 0) is 19.4 Å². The number of phenolic OH excluding ortho intramolecular Hbond substituents is 1. The number of methoxy groups -OCH3 is 1. The van der Waals surface area contributed by atoms with E-state index >= 15 is 0 Å². The van der Waals surface area contributed by atoms with E-state index < -0.39 is 0 Å². The summed E-state index contributed by atoms with van der Waals surface area (Å²) in [6, 6.07) is 15.2. The van der Waals surface area contributed by atoms with E-state index in [0.717, 1.165) is 55.9 Å². The van der Waals surface area contributed by atoms with Gasteiger partial charge in [0.15, 0.2) is 24.2 Å². The molecule has 0 atom stereocenters. The second-order valence-electron chi connectivity index (χ2n) is 10.1. The van der Waals surface area contributed by atoms with E-state index in [9.17, 15) is 9.90 Å². The molecule has 1 amide bonds. The first-order chi connectivity index (χ1) is 19.0. The Hall–Kier alpha value is -4.46. The van der Waals surface area contributed by atoms with Crippen molar-refractivity contribution in [2.75, 3.05) is 26.2 Å². The standard InChI is InChI=1S/C31H31N3O5/c1-37-28-9-6-19-13-26-23-16-30-29(38-18-39-30)14-20(23)10-12-34(26)17-25(19)22(28)5-3-2-4-11-33-31(36)24-15-21(32)7-8-27(24)35/h6-9,13-17H,2-5,10-12,18,32H2,1H3,(H-,33,35,36)/p+1. The highest BCUT2D eigenvalue weighted by atomic mass is 16.7. The highest BCUT2D eigenvalue weighted by molar-refractivity contribution is 5.97. The topological polar surface area (TPSA) is 107 Å². The minimum absolute atomic E-state index is 0.0699. The molecule has 0 saturated carbocycles. The zero-order valence-corrected chi connectivity index (χ0v) is 22.0. The van der Waals surface area contributed by atoms with E-state index in [1.165, 1.54) is 45.3 Å². The number of anilines is 1. The van der Waals surface area contributed by atoms with Crippen LogP contribution in [0.15, 0.2) is 54.7 Å². The summed E-state index contributed by atoms with van der Waals surface area (Å²) in [5.74, 6) is 2.15. The van der Waals surface area contributed by atoms with Crippen LogP contribution in [0.25, 0.3) is 22.0 Å². The Labute approximate surface area is 226 Å². The lowest BCUT2D eigenvalue weighted by atomic mass is 9.93. The number of fused-ring (bicyclic) bond motifs is 5. The van der Waals surface area contributed by atoms with Crippen LogP contribution in [0.4, 0.5) is 5.69 Å². The average Bonchev–Trinajstić information content (AvgIpc) is 3.41. The maximum Gasteiger partial charge on any atom is 0.255 e. The number of nitrogens with one attached hydrogen (secondary N) is 1. The van der Waals surface area contributed by atoms with Gasteiger partial charge in [0.1, 0.15) is 11.5 Å². The van der Waals surface area contributed by atoms with Gasteiger partial charge >= 0.3 is 0 Å². The van der Waals surface area contributed by atoms with Crippen LogP contribution >= 0.6 is 0 Å². The van der Waals surface area contributed by atoms with Gasteiger partial charge in [-0.2, -0.15) is 4.57 Å². The number of pyridine rings is 1. The van der Waals surface area contributed by atoms with Crippen molar-refractivity contribution in [3.8, 4) is 34.3 Å². The van der Waals surface area contributed by atoms with Crippen LogP contribution in [-0.4, -0.2) is 31.5 Å². The van der Waals surface area contributed by atoms with E-state index in [1.54, 1.807) is 13.2 Å². The van der Waals surface area contributed by atoms with E-state index in [4.69, 9.17) is 19.9 Å². The number of aromatic nitrogens is 1. The number of aryl methyl sites for hydroxylation is 3. The minimum atomic E-state index is -0.317. The highest BCUT2D eigenvalue weighted by Crippen LogP contribution is 2.40.